The Morgan fingerprint density at radius 1 is 0.736 bits per heavy atom. The number of nitriles is 2. The van der Waals surface area contributed by atoms with E-state index in [0.717, 1.165) is 56.8 Å². The first-order chi connectivity index (χ1) is 25.3. The molecule has 256 valence electrons. The first kappa shape index (κ1) is 34.0. The zero-order valence-electron chi connectivity index (χ0n) is 28.2. The van der Waals surface area contributed by atoms with Crippen molar-refractivity contribution >= 4 is 57.5 Å². The van der Waals surface area contributed by atoms with Gasteiger partial charge in [-0.2, -0.15) is 0 Å². The van der Waals surface area contributed by atoms with E-state index < -0.39 is 34.7 Å². The Hall–Kier alpha value is -6.11. The Morgan fingerprint density at radius 3 is 1.58 bits per heavy atom. The van der Waals surface area contributed by atoms with Crippen LogP contribution in [0.15, 0.2) is 58.9 Å². The van der Waals surface area contributed by atoms with Crippen molar-refractivity contribution in [3.8, 4) is 21.9 Å². The molecule has 2 aromatic heterocycles. The Balaban J connectivity index is 1.29. The van der Waals surface area contributed by atoms with Crippen molar-refractivity contribution in [3.63, 3.8) is 0 Å². The summed E-state index contributed by atoms with van der Waals surface area (Å²) in [7, 11) is 0. The SMILES string of the molecule is [C-]#[N+]C(C#N)=C1/C(=C/c2cc3c(s2)-c2sc(/C=C4\C(=O)c5cc(F)c(F)cc5\C4=C(\C#N)[N+]#[C-])cc2C32C[C@H](C)[C@@H](C)C2)C(=O)c2cc(F)c(C)cc21. The van der Waals surface area contributed by atoms with Gasteiger partial charge in [0.1, 0.15) is 5.82 Å². The number of carbonyl (C=O) groups is 2. The van der Waals surface area contributed by atoms with Crippen molar-refractivity contribution in [3.05, 3.63) is 148 Å². The summed E-state index contributed by atoms with van der Waals surface area (Å²) in [5.41, 5.74) is 2.07. The van der Waals surface area contributed by atoms with Crippen molar-refractivity contribution in [1.29, 1.82) is 10.5 Å². The summed E-state index contributed by atoms with van der Waals surface area (Å²) >= 11 is 2.88. The van der Waals surface area contributed by atoms with Gasteiger partial charge < -0.3 is 0 Å². The van der Waals surface area contributed by atoms with Crippen LogP contribution in [-0.4, -0.2) is 11.6 Å². The number of ketones is 2. The highest BCUT2D eigenvalue weighted by Crippen LogP contribution is 2.64. The second-order valence-electron chi connectivity index (χ2n) is 13.9. The van der Waals surface area contributed by atoms with E-state index in [4.69, 9.17) is 13.1 Å². The molecule has 8 rings (SSSR count). The second-order valence-corrected chi connectivity index (χ2v) is 16.0. The van der Waals surface area contributed by atoms with Crippen molar-refractivity contribution in [2.45, 2.75) is 39.0 Å². The molecule has 4 aliphatic rings. The zero-order valence-corrected chi connectivity index (χ0v) is 29.9. The molecule has 4 aliphatic carbocycles. The molecule has 0 N–H and O–H groups in total. The van der Waals surface area contributed by atoms with Gasteiger partial charge in [-0.1, -0.05) is 13.8 Å². The summed E-state index contributed by atoms with van der Waals surface area (Å²) in [6, 6.07) is 12.1. The van der Waals surface area contributed by atoms with E-state index in [2.05, 4.69) is 29.6 Å². The fourth-order valence-electron chi connectivity index (χ4n) is 8.35. The highest BCUT2D eigenvalue weighted by Gasteiger charge is 2.52. The fourth-order valence-corrected chi connectivity index (χ4v) is 10.9. The van der Waals surface area contributed by atoms with Crippen molar-refractivity contribution < 1.29 is 22.8 Å². The molecule has 4 aromatic rings. The molecule has 1 saturated carbocycles. The third kappa shape index (κ3) is 4.79. The fraction of sp³-hybridized carbons (Fsp3) is 0.190. The van der Waals surface area contributed by atoms with Crippen LogP contribution in [-0.2, 0) is 5.41 Å². The van der Waals surface area contributed by atoms with E-state index in [1.54, 1.807) is 25.1 Å². The van der Waals surface area contributed by atoms with E-state index in [-0.39, 0.29) is 55.7 Å². The molecule has 11 heteroatoms. The number of allylic oxidation sites excluding steroid dienone is 6. The van der Waals surface area contributed by atoms with E-state index >= 15 is 0 Å². The Labute approximate surface area is 310 Å². The van der Waals surface area contributed by atoms with Gasteiger partial charge in [-0.15, -0.1) is 22.7 Å². The third-order valence-electron chi connectivity index (χ3n) is 10.9. The molecule has 0 unspecified atom stereocenters. The first-order valence-corrected chi connectivity index (χ1v) is 18.1. The quantitative estimate of drug-likeness (QED) is 0.116. The van der Waals surface area contributed by atoms with Crippen molar-refractivity contribution in [2.75, 3.05) is 0 Å². The van der Waals surface area contributed by atoms with Crippen LogP contribution in [0.5, 0.6) is 0 Å². The van der Waals surface area contributed by atoms with E-state index in [1.165, 1.54) is 28.7 Å². The lowest BCUT2D eigenvalue weighted by molar-refractivity contribution is 0.103. The number of Topliss-reactive ketones (excluding diaryl/α,β-unsaturated/α-hetero) is 2. The van der Waals surface area contributed by atoms with E-state index in [9.17, 15) is 33.3 Å². The predicted molar refractivity (Wildman–Crippen MR) is 196 cm³/mol. The normalized spacial score (nSPS) is 22.3. The number of hydrogen-bond donors (Lipinski definition) is 0. The molecule has 6 nitrogen and oxygen atoms in total. The molecule has 1 fully saturated rings. The molecular weight excluding hydrogens is 714 g/mol. The van der Waals surface area contributed by atoms with Crippen LogP contribution in [0.2, 0.25) is 0 Å². The minimum Gasteiger partial charge on any atom is -0.289 e. The monoisotopic (exact) mass is 736 g/mol. The molecule has 0 aliphatic heterocycles. The lowest BCUT2D eigenvalue weighted by Gasteiger charge is -2.25. The van der Waals surface area contributed by atoms with Crippen LogP contribution in [0, 0.1) is 72.0 Å². The Kier molecular flexibility index (Phi) is 7.68. The van der Waals surface area contributed by atoms with Gasteiger partial charge in [0, 0.05) is 58.3 Å². The largest absolute Gasteiger partial charge is 0.289 e. The number of aryl methyl sites for hydroxylation is 1. The van der Waals surface area contributed by atoms with Gasteiger partial charge in [-0.05, 0) is 108 Å². The first-order valence-electron chi connectivity index (χ1n) is 16.5. The number of fused-ring (bicyclic) bond motifs is 7. The summed E-state index contributed by atoms with van der Waals surface area (Å²) in [6.07, 6.45) is 4.94. The summed E-state index contributed by atoms with van der Waals surface area (Å²) in [6.45, 7) is 21.2. The van der Waals surface area contributed by atoms with Crippen LogP contribution in [0.4, 0.5) is 13.2 Å². The highest BCUT2D eigenvalue weighted by atomic mass is 32.1. The van der Waals surface area contributed by atoms with Gasteiger partial charge in [0.05, 0.1) is 25.3 Å². The number of carbonyl (C=O) groups excluding carboxylic acids is 2. The summed E-state index contributed by atoms with van der Waals surface area (Å²) < 4.78 is 43.3. The second kappa shape index (κ2) is 12.0. The standard InChI is InChI=1S/C42H23F3N4O2S2/c1-18-6-23-25(12-31(18)43)38(50)27(36(23)34(16-46)48-4)7-21-9-29-40(52-21)41-30(42(29)14-19(2)20(3)15-42)10-22(53-41)8-28-37(35(17-47)49-5)24-11-32(44)33(45)13-26(24)39(28)51/h6-13,19-20H,14-15H2,1-3H3/b27-7-,28-8-,36-34?,37-35+/t19-,20-/m0/s1. The van der Waals surface area contributed by atoms with Crippen LogP contribution < -0.4 is 0 Å². The van der Waals surface area contributed by atoms with Crippen molar-refractivity contribution in [1.82, 2.24) is 0 Å². The van der Waals surface area contributed by atoms with Crippen LogP contribution in [0.1, 0.15) is 85.0 Å². The van der Waals surface area contributed by atoms with Crippen LogP contribution in [0.25, 0.3) is 42.7 Å². The Morgan fingerprint density at radius 2 is 1.15 bits per heavy atom. The van der Waals surface area contributed by atoms with E-state index in [1.807, 2.05) is 12.1 Å². The van der Waals surface area contributed by atoms with Crippen LogP contribution in [0.3, 0.4) is 0 Å². The maximum Gasteiger partial charge on any atom is 0.270 e. The number of hydrogen-bond acceptors (Lipinski definition) is 6. The third-order valence-corrected chi connectivity index (χ3v) is 13.3. The topological polar surface area (TPSA) is 90.4 Å². The average Bonchev–Trinajstić information content (AvgIpc) is 3.95. The molecule has 0 bridgehead atoms. The van der Waals surface area contributed by atoms with Gasteiger partial charge in [-0.25, -0.2) is 33.4 Å². The predicted octanol–water partition coefficient (Wildman–Crippen LogP) is 10.7. The molecule has 2 atom stereocenters. The molecule has 0 saturated heterocycles. The molecule has 0 radical (unpaired) electrons. The maximum atomic E-state index is 14.6. The summed E-state index contributed by atoms with van der Waals surface area (Å²) in [4.78, 5) is 37.4. The maximum absolute atomic E-state index is 14.6. The van der Waals surface area contributed by atoms with Gasteiger partial charge >= 0.3 is 0 Å². The molecule has 1 spiro atoms. The molecular formula is C42H23F3N4O2S2. The summed E-state index contributed by atoms with van der Waals surface area (Å²) in [5.74, 6) is -3.29. The van der Waals surface area contributed by atoms with E-state index in [0.29, 0.717) is 22.3 Å². The number of thiophene rings is 2. The minimum absolute atomic E-state index is 0.00219. The molecule has 2 aromatic carbocycles. The van der Waals surface area contributed by atoms with Gasteiger partial charge in [0.2, 0.25) is 0 Å². The number of nitrogens with zero attached hydrogens (tertiary/aromatic N) is 4. The van der Waals surface area contributed by atoms with Crippen molar-refractivity contribution in [2.24, 2.45) is 11.8 Å². The minimum atomic E-state index is -1.21. The number of halogens is 3. The van der Waals surface area contributed by atoms with Gasteiger partial charge in [0.15, 0.2) is 23.2 Å². The lowest BCUT2D eigenvalue weighted by atomic mass is 9.77. The van der Waals surface area contributed by atoms with Crippen LogP contribution >= 0.6 is 22.7 Å². The molecule has 2 heterocycles. The Bertz CT molecular complexity index is 2530. The van der Waals surface area contributed by atoms with Gasteiger partial charge in [0.25, 0.3) is 11.4 Å². The smallest absolute Gasteiger partial charge is 0.270 e. The molecule has 53 heavy (non-hydrogen) atoms. The average molecular weight is 737 g/mol. The van der Waals surface area contributed by atoms with Gasteiger partial charge in [-0.3, -0.25) is 9.59 Å². The number of rotatable bonds is 2. The zero-order chi connectivity index (χ0) is 37.7. The number of benzene rings is 2. The highest BCUT2D eigenvalue weighted by molar-refractivity contribution is 7.23. The lowest BCUT2D eigenvalue weighted by Crippen LogP contribution is -2.20. The summed E-state index contributed by atoms with van der Waals surface area (Å²) in [5, 5.41) is 19.6. The molecule has 0 amide bonds.